The molecule has 0 amide bonds. The lowest BCUT2D eigenvalue weighted by molar-refractivity contribution is -0.909. The summed E-state index contributed by atoms with van der Waals surface area (Å²) in [5.74, 6) is 0.111. The Bertz CT molecular complexity index is 603. The van der Waals surface area contributed by atoms with Crippen LogP contribution < -0.4 is 10.2 Å². The molecule has 28 heavy (non-hydrogen) atoms. The molecule has 4 N–H and O–H groups in total. The number of hydrogen-bond donors (Lipinski definition) is 3. The van der Waals surface area contributed by atoms with Gasteiger partial charge in [-0.3, -0.25) is 4.79 Å². The first kappa shape index (κ1) is 20.3. The summed E-state index contributed by atoms with van der Waals surface area (Å²) in [7, 11) is 0. The van der Waals surface area contributed by atoms with E-state index in [1.807, 2.05) is 0 Å². The minimum Gasteiger partial charge on any atom is -0.461 e. The molecule has 2 saturated heterocycles. The van der Waals surface area contributed by atoms with Crippen molar-refractivity contribution in [2.24, 2.45) is 23.2 Å². The summed E-state index contributed by atoms with van der Waals surface area (Å²) in [5.41, 5.74) is 1.11. The van der Waals surface area contributed by atoms with E-state index in [4.69, 9.17) is 9.47 Å². The Morgan fingerprint density at radius 3 is 2.93 bits per heavy atom. The van der Waals surface area contributed by atoms with Gasteiger partial charge < -0.3 is 24.8 Å². The number of aliphatic hydroxyl groups is 1. The fourth-order valence-electron chi connectivity index (χ4n) is 6.03. The third-order valence-electron chi connectivity index (χ3n) is 8.13. The number of nitrogens with one attached hydrogen (secondary N) is 1. The van der Waals surface area contributed by atoms with E-state index in [2.05, 4.69) is 25.2 Å². The molecule has 6 nitrogen and oxygen atoms in total. The van der Waals surface area contributed by atoms with Gasteiger partial charge in [0.05, 0.1) is 39.0 Å². The van der Waals surface area contributed by atoms with Gasteiger partial charge in [0.1, 0.15) is 25.1 Å². The highest BCUT2D eigenvalue weighted by Gasteiger charge is 2.60. The van der Waals surface area contributed by atoms with Crippen LogP contribution in [-0.2, 0) is 14.3 Å². The van der Waals surface area contributed by atoms with Crippen LogP contribution in [0.3, 0.4) is 0 Å². The predicted octanol–water partition coefficient (Wildman–Crippen LogP) is -0.860. The van der Waals surface area contributed by atoms with Gasteiger partial charge in [-0.05, 0) is 18.8 Å². The zero-order chi connectivity index (χ0) is 19.7. The summed E-state index contributed by atoms with van der Waals surface area (Å²) < 4.78 is 11.2. The minimum atomic E-state index is -0.490. The monoisotopic (exact) mass is 394 g/mol. The maximum atomic E-state index is 12.6. The summed E-state index contributed by atoms with van der Waals surface area (Å²) in [5, 5.41) is 13.6. The summed E-state index contributed by atoms with van der Waals surface area (Å²) in [4.78, 5) is 14.2. The van der Waals surface area contributed by atoms with Crippen LogP contribution in [-0.4, -0.2) is 69.2 Å². The van der Waals surface area contributed by atoms with Crippen LogP contribution >= 0.6 is 0 Å². The van der Waals surface area contributed by atoms with Gasteiger partial charge in [0.15, 0.2) is 0 Å². The van der Waals surface area contributed by atoms with E-state index in [1.165, 1.54) is 12.1 Å². The molecular formula is C22H38N2O4+2. The molecule has 6 atom stereocenters. The van der Waals surface area contributed by atoms with Crippen molar-refractivity contribution in [2.45, 2.75) is 51.7 Å². The van der Waals surface area contributed by atoms with E-state index in [0.717, 1.165) is 65.1 Å². The maximum Gasteiger partial charge on any atom is 0.315 e. The number of carbonyl (C=O) groups is 1. The van der Waals surface area contributed by atoms with Crippen molar-refractivity contribution in [3.63, 3.8) is 0 Å². The van der Waals surface area contributed by atoms with Crippen molar-refractivity contribution in [1.29, 1.82) is 0 Å². The lowest BCUT2D eigenvalue weighted by Crippen LogP contribution is -3.14. The van der Waals surface area contributed by atoms with Gasteiger partial charge in [0.2, 0.25) is 0 Å². The van der Waals surface area contributed by atoms with Gasteiger partial charge in [-0.25, -0.2) is 0 Å². The standard InChI is InChI=1S/C22H36N2O4/c1-15-5-3-6-16-13-18-19(20(25)22(15,16)2)17(21(26)28-18)14-23-7-4-8-24-9-11-27-12-10-24/h6,15,17-20,23,25H,3-5,7-14H2,1-2H3/p+2/t15-,17-,18+,19+,20+,22+/m0/s1. The Morgan fingerprint density at radius 1 is 1.36 bits per heavy atom. The maximum absolute atomic E-state index is 12.6. The summed E-state index contributed by atoms with van der Waals surface area (Å²) in [6.45, 7) is 11.4. The van der Waals surface area contributed by atoms with Gasteiger partial charge in [-0.2, -0.15) is 0 Å². The van der Waals surface area contributed by atoms with Gasteiger partial charge >= 0.3 is 5.97 Å². The van der Waals surface area contributed by atoms with Crippen LogP contribution in [0.4, 0.5) is 0 Å². The SMILES string of the molecule is C[C@H]1CCC=C2C[C@H]3OC(=O)[C@@H](C[NH2+]CCC[NH+]4CCOCC4)[C@H]3[C@@H](O)[C@@]21C. The van der Waals surface area contributed by atoms with E-state index < -0.39 is 6.10 Å². The lowest BCUT2D eigenvalue weighted by Gasteiger charge is -2.51. The van der Waals surface area contributed by atoms with Crippen LogP contribution in [0.25, 0.3) is 0 Å². The number of ether oxygens (including phenoxy) is 2. The second-order valence-corrected chi connectivity index (χ2v) is 9.58. The zero-order valence-electron chi connectivity index (χ0n) is 17.5. The van der Waals surface area contributed by atoms with Crippen LogP contribution in [0.2, 0.25) is 0 Å². The first-order valence-electron chi connectivity index (χ1n) is 11.3. The minimum absolute atomic E-state index is 0.0590. The third kappa shape index (κ3) is 3.64. The number of allylic oxidation sites excluding steroid dienone is 1. The molecule has 4 aliphatic rings. The van der Waals surface area contributed by atoms with Crippen LogP contribution in [0.5, 0.6) is 0 Å². The first-order chi connectivity index (χ1) is 13.5. The number of fused-ring (bicyclic) bond motifs is 2. The topological polar surface area (TPSA) is 76.8 Å². The average Bonchev–Trinajstić information content (AvgIpc) is 3.00. The molecule has 1 saturated carbocycles. The molecule has 0 unspecified atom stereocenters. The van der Waals surface area contributed by atoms with Crippen molar-refractivity contribution in [1.82, 2.24) is 0 Å². The Labute approximate surface area is 168 Å². The summed E-state index contributed by atoms with van der Waals surface area (Å²) in [6, 6.07) is 0. The van der Waals surface area contributed by atoms with E-state index in [1.54, 1.807) is 4.90 Å². The fourth-order valence-corrected chi connectivity index (χ4v) is 6.03. The molecule has 2 heterocycles. The average molecular weight is 395 g/mol. The summed E-state index contributed by atoms with van der Waals surface area (Å²) in [6.07, 6.45) is 5.82. The lowest BCUT2D eigenvalue weighted by atomic mass is 9.55. The van der Waals surface area contributed by atoms with Crippen molar-refractivity contribution in [2.75, 3.05) is 45.9 Å². The molecule has 0 spiro atoms. The van der Waals surface area contributed by atoms with E-state index in [0.29, 0.717) is 5.92 Å². The number of aliphatic hydroxyl groups excluding tert-OH is 1. The molecule has 4 rings (SSSR count). The molecule has 6 heteroatoms. The Morgan fingerprint density at radius 2 is 2.14 bits per heavy atom. The van der Waals surface area contributed by atoms with Crippen LogP contribution in [0.1, 0.15) is 39.5 Å². The van der Waals surface area contributed by atoms with Crippen molar-refractivity contribution in [3.05, 3.63) is 11.6 Å². The van der Waals surface area contributed by atoms with Crippen molar-refractivity contribution in [3.8, 4) is 0 Å². The zero-order valence-corrected chi connectivity index (χ0v) is 17.5. The second-order valence-electron chi connectivity index (χ2n) is 9.58. The number of rotatable bonds is 6. The normalized spacial score (nSPS) is 41.2. The van der Waals surface area contributed by atoms with Gasteiger partial charge in [-0.1, -0.05) is 25.5 Å². The highest BCUT2D eigenvalue weighted by atomic mass is 16.6. The third-order valence-corrected chi connectivity index (χ3v) is 8.13. The van der Waals surface area contributed by atoms with E-state index in [-0.39, 0.29) is 29.3 Å². The Hall–Kier alpha value is -0.950. The molecule has 2 aliphatic heterocycles. The van der Waals surface area contributed by atoms with Gasteiger partial charge in [-0.15, -0.1) is 0 Å². The second kappa shape index (κ2) is 8.42. The molecular weight excluding hydrogens is 356 g/mol. The number of carbonyl (C=O) groups excluding carboxylic acids is 1. The van der Waals surface area contributed by atoms with Crippen molar-refractivity contribution < 1.29 is 29.6 Å². The van der Waals surface area contributed by atoms with Crippen LogP contribution in [0, 0.1) is 23.2 Å². The number of esters is 1. The molecule has 0 aromatic carbocycles. The fraction of sp³-hybridized carbons (Fsp3) is 0.864. The predicted molar refractivity (Wildman–Crippen MR) is 105 cm³/mol. The first-order valence-corrected chi connectivity index (χ1v) is 11.3. The molecule has 0 aromatic rings. The Balaban J connectivity index is 1.33. The number of hydrogen-bond acceptors (Lipinski definition) is 4. The largest absolute Gasteiger partial charge is 0.461 e. The molecule has 0 bridgehead atoms. The summed E-state index contributed by atoms with van der Waals surface area (Å²) >= 11 is 0. The number of nitrogens with two attached hydrogens (primary N) is 1. The molecule has 3 fully saturated rings. The van der Waals surface area contributed by atoms with Gasteiger partial charge in [0.25, 0.3) is 0 Å². The van der Waals surface area contributed by atoms with Gasteiger partial charge in [0, 0.05) is 24.2 Å². The molecule has 158 valence electrons. The highest BCUT2D eigenvalue weighted by Crippen LogP contribution is 2.55. The van der Waals surface area contributed by atoms with Crippen LogP contribution in [0.15, 0.2) is 11.6 Å². The van der Waals surface area contributed by atoms with E-state index in [9.17, 15) is 9.90 Å². The quantitative estimate of drug-likeness (QED) is 0.311. The smallest absolute Gasteiger partial charge is 0.315 e. The highest BCUT2D eigenvalue weighted by molar-refractivity contribution is 5.76. The van der Waals surface area contributed by atoms with Crippen molar-refractivity contribution >= 4 is 5.97 Å². The molecule has 0 aromatic heterocycles. The van der Waals surface area contributed by atoms with E-state index >= 15 is 0 Å². The Kier molecular flexibility index (Phi) is 6.12. The number of morpholine rings is 1. The number of quaternary nitrogens is 2. The molecule has 2 aliphatic carbocycles. The molecule has 0 radical (unpaired) electrons.